The van der Waals surface area contributed by atoms with Gasteiger partial charge in [0.05, 0.1) is 12.3 Å². The molecule has 1 aliphatic carbocycles. The quantitative estimate of drug-likeness (QED) is 0.557. The van der Waals surface area contributed by atoms with Gasteiger partial charge in [0, 0.05) is 24.6 Å². The summed E-state index contributed by atoms with van der Waals surface area (Å²) in [5.41, 5.74) is 2.58. The van der Waals surface area contributed by atoms with Crippen LogP contribution in [0.3, 0.4) is 0 Å². The number of hydrogen-bond donors (Lipinski definition) is 3. The number of aliphatic hydroxyl groups is 1. The minimum absolute atomic E-state index is 0.199. The third-order valence-corrected chi connectivity index (χ3v) is 4.43. The van der Waals surface area contributed by atoms with Gasteiger partial charge in [-0.1, -0.05) is 31.2 Å². The lowest BCUT2D eigenvalue weighted by Crippen LogP contribution is -2.75. The van der Waals surface area contributed by atoms with E-state index in [2.05, 4.69) is 48.6 Å². The number of nitrogens with two attached hydrogens (primary N) is 1. The van der Waals surface area contributed by atoms with Crippen LogP contribution in [0.2, 0.25) is 0 Å². The first kappa shape index (κ1) is 14.9. The van der Waals surface area contributed by atoms with Gasteiger partial charge in [0.15, 0.2) is 0 Å². The highest BCUT2D eigenvalue weighted by molar-refractivity contribution is 5.93. The highest BCUT2D eigenvalue weighted by Gasteiger charge is 2.34. The Bertz CT molecular complexity index is 720. The predicted molar refractivity (Wildman–Crippen MR) is 90.3 cm³/mol. The van der Waals surface area contributed by atoms with E-state index in [0.29, 0.717) is 0 Å². The number of allylic oxidation sites excluding steroid dienone is 1. The van der Waals surface area contributed by atoms with Gasteiger partial charge in [-0.2, -0.15) is 0 Å². The molecule has 2 unspecified atom stereocenters. The van der Waals surface area contributed by atoms with E-state index in [-0.39, 0.29) is 12.3 Å². The van der Waals surface area contributed by atoms with Crippen LogP contribution in [0, 0.1) is 17.2 Å². The topological polar surface area (TPSA) is 60.7 Å². The Kier molecular flexibility index (Phi) is 4.36. The van der Waals surface area contributed by atoms with Gasteiger partial charge in [-0.15, -0.1) is 0 Å². The van der Waals surface area contributed by atoms with Crippen molar-refractivity contribution in [2.75, 3.05) is 6.61 Å². The summed E-state index contributed by atoms with van der Waals surface area (Å²) in [6.07, 6.45) is 4.09. The van der Waals surface area contributed by atoms with E-state index < -0.39 is 0 Å². The summed E-state index contributed by atoms with van der Waals surface area (Å²) in [5, 5.41) is 21.5. The maximum Gasteiger partial charge on any atom is 0.134 e. The third-order valence-electron chi connectivity index (χ3n) is 4.43. The number of benzene rings is 2. The van der Waals surface area contributed by atoms with Gasteiger partial charge in [-0.05, 0) is 35.1 Å². The van der Waals surface area contributed by atoms with Gasteiger partial charge >= 0.3 is 0 Å². The van der Waals surface area contributed by atoms with Crippen molar-refractivity contribution in [1.29, 1.82) is 5.41 Å². The van der Waals surface area contributed by atoms with Crippen LogP contribution in [0.15, 0.2) is 54.2 Å². The van der Waals surface area contributed by atoms with Crippen molar-refractivity contribution in [1.82, 2.24) is 0 Å². The molecule has 0 amide bonds. The first-order valence-electron chi connectivity index (χ1n) is 7.88. The molecule has 0 aromatic heterocycles. The minimum atomic E-state index is -0.199. The fraction of sp³-hybridized carbons (Fsp3) is 0.316. The third kappa shape index (κ3) is 3.62. The van der Waals surface area contributed by atoms with Crippen LogP contribution in [-0.4, -0.2) is 17.4 Å². The van der Waals surface area contributed by atoms with E-state index in [9.17, 15) is 0 Å². The summed E-state index contributed by atoms with van der Waals surface area (Å²) in [6.45, 7) is 2.07. The molecule has 0 radical (unpaired) electrons. The van der Waals surface area contributed by atoms with Gasteiger partial charge in [0.2, 0.25) is 0 Å². The highest BCUT2D eigenvalue weighted by atomic mass is 16.3. The zero-order valence-corrected chi connectivity index (χ0v) is 12.9. The largest absolute Gasteiger partial charge is 0.390 e. The van der Waals surface area contributed by atoms with Crippen LogP contribution in [0.25, 0.3) is 10.8 Å². The fourth-order valence-corrected chi connectivity index (χ4v) is 2.93. The van der Waals surface area contributed by atoms with Gasteiger partial charge < -0.3 is 10.5 Å². The molecule has 3 rings (SSSR count). The second-order valence-corrected chi connectivity index (χ2v) is 6.33. The number of fused-ring (bicyclic) bond motifs is 1. The van der Waals surface area contributed by atoms with Crippen LogP contribution < -0.4 is 5.32 Å². The molecular weight excluding hydrogens is 272 g/mol. The first-order valence-corrected chi connectivity index (χ1v) is 7.88. The highest BCUT2D eigenvalue weighted by Crippen LogP contribution is 2.41. The van der Waals surface area contributed by atoms with Gasteiger partial charge in [0.1, 0.15) is 11.4 Å². The second kappa shape index (κ2) is 6.42. The molecule has 1 saturated carbocycles. The molecule has 3 heteroatoms. The molecule has 114 valence electrons. The second-order valence-electron chi connectivity index (χ2n) is 6.33. The Morgan fingerprint density at radius 2 is 2.00 bits per heavy atom. The van der Waals surface area contributed by atoms with Crippen LogP contribution in [0.4, 0.5) is 5.69 Å². The predicted octanol–water partition coefficient (Wildman–Crippen LogP) is 2.98. The van der Waals surface area contributed by atoms with E-state index >= 15 is 0 Å². The molecule has 0 spiro atoms. The molecular formula is C19H23N2O+. The van der Waals surface area contributed by atoms with Crippen LogP contribution >= 0.6 is 0 Å². The Labute approximate surface area is 131 Å². The molecule has 2 aromatic rings. The number of hydrogen-bond acceptors (Lipinski definition) is 2. The van der Waals surface area contributed by atoms with Crippen molar-refractivity contribution in [3.63, 3.8) is 0 Å². The molecule has 1 fully saturated rings. The Morgan fingerprint density at radius 3 is 2.68 bits per heavy atom. The molecule has 0 aliphatic heterocycles. The van der Waals surface area contributed by atoms with Crippen molar-refractivity contribution in [2.24, 2.45) is 11.8 Å². The summed E-state index contributed by atoms with van der Waals surface area (Å²) in [6, 6.07) is 14.8. The Balaban J connectivity index is 1.81. The number of quaternary nitrogens is 1. The maximum absolute atomic E-state index is 9.11. The average Bonchev–Trinajstić information content (AvgIpc) is 3.21. The summed E-state index contributed by atoms with van der Waals surface area (Å²) in [7, 11) is 0. The molecule has 1 aliphatic rings. The lowest BCUT2D eigenvalue weighted by molar-refractivity contribution is -0.520. The SMILES string of the molecule is CC1CC1CC(=CC(=N)CO)[NH2+]c1ccc2ccccc2c1. The van der Waals surface area contributed by atoms with Crippen molar-refractivity contribution < 1.29 is 10.4 Å². The number of aliphatic hydroxyl groups excluding tert-OH is 1. The van der Waals surface area contributed by atoms with Crippen molar-refractivity contribution in [3.05, 3.63) is 54.2 Å². The molecule has 3 nitrogen and oxygen atoms in total. The smallest absolute Gasteiger partial charge is 0.134 e. The molecule has 0 saturated heterocycles. The van der Waals surface area contributed by atoms with Crippen LogP contribution in [0.1, 0.15) is 19.8 Å². The number of rotatable bonds is 6. The lowest BCUT2D eigenvalue weighted by Gasteiger charge is -2.07. The Morgan fingerprint density at radius 1 is 1.27 bits per heavy atom. The molecule has 2 aromatic carbocycles. The van der Waals surface area contributed by atoms with Crippen molar-refractivity contribution in [2.45, 2.75) is 19.8 Å². The zero-order chi connectivity index (χ0) is 15.5. The average molecular weight is 295 g/mol. The molecule has 0 heterocycles. The summed E-state index contributed by atoms with van der Waals surface area (Å²) in [4.78, 5) is 0. The van der Waals surface area contributed by atoms with Gasteiger partial charge in [-0.3, -0.25) is 5.32 Å². The summed E-state index contributed by atoms with van der Waals surface area (Å²) >= 11 is 0. The van der Waals surface area contributed by atoms with E-state index in [4.69, 9.17) is 10.5 Å². The van der Waals surface area contributed by atoms with Gasteiger partial charge in [-0.25, -0.2) is 0 Å². The normalized spacial score (nSPS) is 21.1. The molecule has 4 N–H and O–H groups in total. The molecule has 22 heavy (non-hydrogen) atoms. The van der Waals surface area contributed by atoms with E-state index in [0.717, 1.165) is 29.6 Å². The number of nitrogens with one attached hydrogen (secondary N) is 1. The first-order chi connectivity index (χ1) is 10.7. The van der Waals surface area contributed by atoms with Gasteiger partial charge in [0.25, 0.3) is 0 Å². The minimum Gasteiger partial charge on any atom is -0.390 e. The maximum atomic E-state index is 9.11. The van der Waals surface area contributed by atoms with E-state index in [1.165, 1.54) is 17.2 Å². The summed E-state index contributed by atoms with van der Waals surface area (Å²) < 4.78 is 0. The van der Waals surface area contributed by atoms with Crippen molar-refractivity contribution in [3.8, 4) is 0 Å². The van der Waals surface area contributed by atoms with Crippen LogP contribution in [0.5, 0.6) is 0 Å². The fourth-order valence-electron chi connectivity index (χ4n) is 2.93. The Hall–Kier alpha value is -1.97. The standard InChI is InChI=1S/C19H22N2O/c1-13-8-16(13)10-19(11-17(20)12-22)21-18-7-6-14-4-2-3-5-15(14)9-18/h2-7,9,11,13,16,20-22H,8,10,12H2,1H3/p+1. The lowest BCUT2D eigenvalue weighted by atomic mass is 10.1. The van der Waals surface area contributed by atoms with Crippen LogP contribution in [-0.2, 0) is 0 Å². The zero-order valence-electron chi connectivity index (χ0n) is 12.9. The molecule has 2 atom stereocenters. The van der Waals surface area contributed by atoms with E-state index in [1.807, 2.05) is 12.1 Å². The van der Waals surface area contributed by atoms with Crippen molar-refractivity contribution >= 4 is 22.2 Å². The summed E-state index contributed by atoms with van der Waals surface area (Å²) in [5.74, 6) is 1.52. The monoisotopic (exact) mass is 295 g/mol. The molecule has 0 bridgehead atoms. The van der Waals surface area contributed by atoms with E-state index in [1.54, 1.807) is 0 Å².